The van der Waals surface area contributed by atoms with Crippen molar-refractivity contribution in [2.45, 2.75) is 20.0 Å². The maximum Gasteiger partial charge on any atom is 0.310 e. The molecule has 3 heteroatoms. The Morgan fingerprint density at radius 1 is 1.25 bits per heavy atom. The van der Waals surface area contributed by atoms with Crippen molar-refractivity contribution in [2.24, 2.45) is 5.92 Å². The van der Waals surface area contributed by atoms with Gasteiger partial charge in [0.05, 0.1) is 12.0 Å². The van der Waals surface area contributed by atoms with Crippen LogP contribution in [0.5, 0.6) is 0 Å². The normalized spacial score (nSPS) is 16.9. The lowest BCUT2D eigenvalue weighted by Crippen LogP contribution is -2.05. The third kappa shape index (κ3) is 5.68. The molecule has 2 N–H and O–H groups in total. The highest BCUT2D eigenvalue weighted by Gasteiger charge is 2.03. The van der Waals surface area contributed by atoms with Gasteiger partial charge < -0.3 is 10.2 Å². The number of carbonyl (C=O) groups is 1. The highest BCUT2D eigenvalue weighted by atomic mass is 16.4. The SMILES string of the molecule is CC(O)/C=C/C=C/C(C)C(=O)O. The van der Waals surface area contributed by atoms with Crippen molar-refractivity contribution >= 4 is 5.97 Å². The monoisotopic (exact) mass is 170 g/mol. The quantitative estimate of drug-likeness (QED) is 0.623. The number of hydrogen-bond donors (Lipinski definition) is 2. The van der Waals surface area contributed by atoms with Crippen LogP contribution in [-0.2, 0) is 4.79 Å². The Hall–Kier alpha value is -1.09. The summed E-state index contributed by atoms with van der Waals surface area (Å²) in [4.78, 5) is 10.3. The van der Waals surface area contributed by atoms with Gasteiger partial charge in [0.2, 0.25) is 0 Å². The van der Waals surface area contributed by atoms with Crippen LogP contribution in [0.15, 0.2) is 24.3 Å². The first-order valence-corrected chi connectivity index (χ1v) is 3.80. The summed E-state index contributed by atoms with van der Waals surface area (Å²) in [5.41, 5.74) is 0. The van der Waals surface area contributed by atoms with Gasteiger partial charge in [-0.3, -0.25) is 4.79 Å². The molecule has 0 heterocycles. The fraction of sp³-hybridized carbons (Fsp3) is 0.444. The van der Waals surface area contributed by atoms with Crippen molar-refractivity contribution < 1.29 is 15.0 Å². The molecule has 2 unspecified atom stereocenters. The number of carboxylic acid groups (broad SMARTS) is 1. The lowest BCUT2D eigenvalue weighted by molar-refractivity contribution is -0.139. The summed E-state index contributed by atoms with van der Waals surface area (Å²) in [6.07, 6.45) is 5.89. The minimum absolute atomic E-state index is 0.483. The third-order valence-corrected chi connectivity index (χ3v) is 1.29. The molecule has 0 aromatic carbocycles. The summed E-state index contributed by atoms with van der Waals surface area (Å²) in [6, 6.07) is 0. The minimum atomic E-state index is -0.850. The second kappa shape index (κ2) is 5.55. The van der Waals surface area contributed by atoms with Gasteiger partial charge in [-0.25, -0.2) is 0 Å². The van der Waals surface area contributed by atoms with Gasteiger partial charge in [0, 0.05) is 0 Å². The van der Waals surface area contributed by atoms with Gasteiger partial charge in [0.25, 0.3) is 0 Å². The molecular weight excluding hydrogens is 156 g/mol. The van der Waals surface area contributed by atoms with E-state index in [4.69, 9.17) is 10.2 Å². The van der Waals surface area contributed by atoms with Crippen molar-refractivity contribution in [3.63, 3.8) is 0 Å². The first-order valence-electron chi connectivity index (χ1n) is 3.80. The zero-order valence-corrected chi connectivity index (χ0v) is 7.27. The summed E-state index contributed by atoms with van der Waals surface area (Å²) in [6.45, 7) is 3.22. The average Bonchev–Trinajstić information content (AvgIpc) is 1.97. The van der Waals surface area contributed by atoms with E-state index in [2.05, 4.69) is 0 Å². The molecule has 0 fully saturated rings. The largest absolute Gasteiger partial charge is 0.481 e. The zero-order chi connectivity index (χ0) is 9.56. The van der Waals surface area contributed by atoms with Crippen LogP contribution >= 0.6 is 0 Å². The molecule has 0 spiro atoms. The van der Waals surface area contributed by atoms with Gasteiger partial charge in [0.1, 0.15) is 0 Å². The molecule has 12 heavy (non-hydrogen) atoms. The van der Waals surface area contributed by atoms with E-state index in [0.717, 1.165) is 0 Å². The summed E-state index contributed by atoms with van der Waals surface area (Å²) in [7, 11) is 0. The molecule has 0 bridgehead atoms. The lowest BCUT2D eigenvalue weighted by Gasteiger charge is -1.95. The molecule has 68 valence electrons. The molecule has 0 rings (SSSR count). The van der Waals surface area contributed by atoms with Crippen LogP contribution in [0.4, 0.5) is 0 Å². The first kappa shape index (κ1) is 10.9. The molecule has 0 aromatic heterocycles. The van der Waals surface area contributed by atoms with Gasteiger partial charge in [-0.05, 0) is 13.8 Å². The Kier molecular flexibility index (Phi) is 5.04. The second-order valence-electron chi connectivity index (χ2n) is 2.64. The topological polar surface area (TPSA) is 57.5 Å². The van der Waals surface area contributed by atoms with Crippen LogP contribution in [-0.4, -0.2) is 22.3 Å². The number of carboxylic acids is 1. The van der Waals surface area contributed by atoms with E-state index >= 15 is 0 Å². The molecule has 0 radical (unpaired) electrons. The van der Waals surface area contributed by atoms with E-state index in [1.807, 2.05) is 0 Å². The Labute approximate surface area is 72.0 Å². The first-order chi connectivity index (χ1) is 5.54. The molecule has 0 aliphatic heterocycles. The van der Waals surface area contributed by atoms with Crippen LogP contribution in [0.2, 0.25) is 0 Å². The fourth-order valence-electron chi connectivity index (χ4n) is 0.538. The van der Waals surface area contributed by atoms with Crippen molar-refractivity contribution in [1.82, 2.24) is 0 Å². The average molecular weight is 170 g/mol. The fourth-order valence-corrected chi connectivity index (χ4v) is 0.538. The number of allylic oxidation sites excluding steroid dienone is 2. The Bertz CT molecular complexity index is 192. The van der Waals surface area contributed by atoms with Crippen LogP contribution in [0.1, 0.15) is 13.8 Å². The predicted octanol–water partition coefficient (Wildman–Crippen LogP) is 1.20. The van der Waals surface area contributed by atoms with E-state index in [9.17, 15) is 4.79 Å². The van der Waals surface area contributed by atoms with Crippen molar-refractivity contribution in [3.05, 3.63) is 24.3 Å². The number of rotatable bonds is 4. The highest BCUT2D eigenvalue weighted by molar-refractivity contribution is 5.71. The lowest BCUT2D eigenvalue weighted by atomic mass is 10.1. The van der Waals surface area contributed by atoms with Gasteiger partial charge in [-0.2, -0.15) is 0 Å². The van der Waals surface area contributed by atoms with E-state index in [1.54, 1.807) is 38.2 Å². The molecule has 0 aromatic rings. The molecular formula is C9H14O3. The van der Waals surface area contributed by atoms with Crippen LogP contribution < -0.4 is 0 Å². The van der Waals surface area contributed by atoms with Crippen molar-refractivity contribution in [1.29, 1.82) is 0 Å². The van der Waals surface area contributed by atoms with Crippen LogP contribution in [0, 0.1) is 5.92 Å². The molecule has 0 amide bonds. The zero-order valence-electron chi connectivity index (χ0n) is 7.27. The molecule has 0 aliphatic carbocycles. The standard InChI is InChI=1S/C9H14O3/c1-7(9(11)12)5-3-4-6-8(2)10/h3-8,10H,1-2H3,(H,11,12)/b5-3+,6-4+. The van der Waals surface area contributed by atoms with Crippen LogP contribution in [0.3, 0.4) is 0 Å². The summed E-state index contributed by atoms with van der Waals surface area (Å²) in [5, 5.41) is 17.3. The van der Waals surface area contributed by atoms with Gasteiger partial charge in [-0.15, -0.1) is 0 Å². The predicted molar refractivity (Wildman–Crippen MR) is 46.8 cm³/mol. The summed E-state index contributed by atoms with van der Waals surface area (Å²) < 4.78 is 0. The Morgan fingerprint density at radius 2 is 1.75 bits per heavy atom. The Morgan fingerprint density at radius 3 is 2.17 bits per heavy atom. The number of aliphatic carboxylic acids is 1. The summed E-state index contributed by atoms with van der Waals surface area (Å²) in [5.74, 6) is -1.33. The molecule has 0 aliphatic rings. The van der Waals surface area contributed by atoms with E-state index in [0.29, 0.717) is 0 Å². The minimum Gasteiger partial charge on any atom is -0.481 e. The van der Waals surface area contributed by atoms with Gasteiger partial charge in [-0.1, -0.05) is 24.3 Å². The van der Waals surface area contributed by atoms with Crippen molar-refractivity contribution in [2.75, 3.05) is 0 Å². The molecule has 2 atom stereocenters. The number of hydrogen-bond acceptors (Lipinski definition) is 2. The summed E-state index contributed by atoms with van der Waals surface area (Å²) >= 11 is 0. The molecule has 0 saturated heterocycles. The maximum atomic E-state index is 10.3. The van der Waals surface area contributed by atoms with E-state index in [1.165, 1.54) is 0 Å². The smallest absolute Gasteiger partial charge is 0.310 e. The highest BCUT2D eigenvalue weighted by Crippen LogP contribution is 1.96. The number of aliphatic hydroxyl groups excluding tert-OH is 1. The Balaban J connectivity index is 3.84. The van der Waals surface area contributed by atoms with Crippen molar-refractivity contribution in [3.8, 4) is 0 Å². The molecule has 0 saturated carbocycles. The van der Waals surface area contributed by atoms with Gasteiger partial charge in [0.15, 0.2) is 0 Å². The van der Waals surface area contributed by atoms with Gasteiger partial charge >= 0.3 is 5.97 Å². The molecule has 3 nitrogen and oxygen atoms in total. The third-order valence-electron chi connectivity index (χ3n) is 1.29. The second-order valence-corrected chi connectivity index (χ2v) is 2.64. The van der Waals surface area contributed by atoms with E-state index in [-0.39, 0.29) is 0 Å². The number of aliphatic hydroxyl groups is 1. The van der Waals surface area contributed by atoms with Crippen LogP contribution in [0.25, 0.3) is 0 Å². The van der Waals surface area contributed by atoms with E-state index < -0.39 is 18.0 Å². The maximum absolute atomic E-state index is 10.3.